The fourth-order valence-electron chi connectivity index (χ4n) is 2.28. The summed E-state index contributed by atoms with van der Waals surface area (Å²) >= 11 is 0. The Morgan fingerprint density at radius 3 is 2.88 bits per heavy atom. The van der Waals surface area contributed by atoms with E-state index in [4.69, 9.17) is 5.11 Å². The number of aliphatic carboxylic acids is 1. The van der Waals surface area contributed by atoms with Crippen LogP contribution >= 0.6 is 0 Å². The molecule has 1 aliphatic rings. The van der Waals surface area contributed by atoms with Gasteiger partial charge in [-0.05, 0) is 22.4 Å². The molecular weight excluding hydrogens is 202 g/mol. The van der Waals surface area contributed by atoms with Crippen LogP contribution in [-0.2, 0) is 11.2 Å². The molecule has 0 amide bonds. The lowest BCUT2D eigenvalue weighted by molar-refractivity contribution is -0.137. The monoisotopic (exact) mass is 213 g/mol. The molecule has 1 aliphatic heterocycles. The van der Waals surface area contributed by atoms with Crippen molar-refractivity contribution in [1.82, 2.24) is 0 Å². The Hall–Kier alpha value is -2.03. The van der Waals surface area contributed by atoms with E-state index >= 15 is 0 Å². The van der Waals surface area contributed by atoms with E-state index in [9.17, 15) is 4.79 Å². The fraction of sp³-hybridized carbons (Fsp3) is 0.154. The molecule has 1 atom stereocenters. The van der Waals surface area contributed by atoms with Gasteiger partial charge in [-0.3, -0.25) is 0 Å². The van der Waals surface area contributed by atoms with Gasteiger partial charge in [-0.2, -0.15) is 0 Å². The first-order valence-electron chi connectivity index (χ1n) is 5.25. The van der Waals surface area contributed by atoms with Crippen LogP contribution in [0.1, 0.15) is 5.56 Å². The predicted molar refractivity (Wildman–Crippen MR) is 62.7 cm³/mol. The Morgan fingerprint density at radius 2 is 2.06 bits per heavy atom. The van der Waals surface area contributed by atoms with Crippen LogP contribution in [0.5, 0.6) is 0 Å². The van der Waals surface area contributed by atoms with E-state index in [-0.39, 0.29) is 0 Å². The van der Waals surface area contributed by atoms with Gasteiger partial charge in [-0.25, -0.2) is 4.79 Å². The molecule has 0 bridgehead atoms. The van der Waals surface area contributed by atoms with Crippen molar-refractivity contribution in [2.45, 2.75) is 12.5 Å². The Morgan fingerprint density at radius 1 is 1.25 bits per heavy atom. The maximum Gasteiger partial charge on any atom is 0.326 e. The summed E-state index contributed by atoms with van der Waals surface area (Å²) in [5.74, 6) is -0.791. The maximum atomic E-state index is 10.9. The summed E-state index contributed by atoms with van der Waals surface area (Å²) in [4.78, 5) is 10.9. The molecule has 0 radical (unpaired) electrons. The summed E-state index contributed by atoms with van der Waals surface area (Å²) in [6, 6.07) is 11.6. The van der Waals surface area contributed by atoms with Gasteiger partial charge in [0.2, 0.25) is 0 Å². The zero-order valence-electron chi connectivity index (χ0n) is 8.60. The average molecular weight is 213 g/mol. The van der Waals surface area contributed by atoms with Gasteiger partial charge in [-0.1, -0.05) is 30.3 Å². The highest BCUT2D eigenvalue weighted by molar-refractivity contribution is 5.94. The van der Waals surface area contributed by atoms with Crippen LogP contribution in [0.2, 0.25) is 0 Å². The van der Waals surface area contributed by atoms with Crippen molar-refractivity contribution in [1.29, 1.82) is 0 Å². The van der Waals surface area contributed by atoms with E-state index in [1.54, 1.807) is 0 Å². The summed E-state index contributed by atoms with van der Waals surface area (Å²) in [5.41, 5.74) is 2.07. The van der Waals surface area contributed by atoms with Gasteiger partial charge < -0.3 is 10.4 Å². The molecule has 0 aromatic heterocycles. The quantitative estimate of drug-likeness (QED) is 0.764. The number of carbonyl (C=O) groups is 1. The van der Waals surface area contributed by atoms with Crippen LogP contribution in [0.3, 0.4) is 0 Å². The molecule has 2 aromatic carbocycles. The van der Waals surface area contributed by atoms with Crippen molar-refractivity contribution in [3.8, 4) is 0 Å². The molecule has 1 heterocycles. The Labute approximate surface area is 92.7 Å². The molecule has 80 valence electrons. The first-order valence-corrected chi connectivity index (χ1v) is 5.25. The SMILES string of the molecule is O=C(O)C1Cc2c(ccc3ccccc23)N1. The standard InChI is InChI=1S/C13H11NO2/c15-13(16)12-7-10-9-4-2-1-3-8(9)5-6-11(10)14-12/h1-6,12,14H,7H2,(H,15,16). The van der Waals surface area contributed by atoms with E-state index < -0.39 is 12.0 Å². The van der Waals surface area contributed by atoms with Crippen LogP contribution in [0.25, 0.3) is 10.8 Å². The minimum Gasteiger partial charge on any atom is -0.480 e. The summed E-state index contributed by atoms with van der Waals surface area (Å²) in [5, 5.41) is 14.3. The van der Waals surface area contributed by atoms with Crippen molar-refractivity contribution in [2.24, 2.45) is 0 Å². The minimum atomic E-state index is -0.791. The zero-order chi connectivity index (χ0) is 11.1. The molecule has 2 aromatic rings. The van der Waals surface area contributed by atoms with E-state index in [2.05, 4.69) is 5.32 Å². The Balaban J connectivity index is 2.17. The van der Waals surface area contributed by atoms with Gasteiger partial charge >= 0.3 is 5.97 Å². The minimum absolute atomic E-state index is 0.485. The van der Waals surface area contributed by atoms with Gasteiger partial charge in [0.15, 0.2) is 0 Å². The zero-order valence-corrected chi connectivity index (χ0v) is 8.60. The second kappa shape index (κ2) is 3.23. The highest BCUT2D eigenvalue weighted by atomic mass is 16.4. The number of carboxylic acid groups (broad SMARTS) is 1. The van der Waals surface area contributed by atoms with E-state index in [1.165, 1.54) is 0 Å². The number of hydrogen-bond acceptors (Lipinski definition) is 2. The topological polar surface area (TPSA) is 49.3 Å². The molecule has 16 heavy (non-hydrogen) atoms. The van der Waals surface area contributed by atoms with Crippen LogP contribution in [0.4, 0.5) is 5.69 Å². The summed E-state index contributed by atoms with van der Waals surface area (Å²) in [6.45, 7) is 0. The molecule has 0 spiro atoms. The molecular formula is C13H11NO2. The highest BCUT2D eigenvalue weighted by Gasteiger charge is 2.27. The number of hydrogen-bond donors (Lipinski definition) is 2. The van der Waals surface area contributed by atoms with Crippen molar-refractivity contribution >= 4 is 22.4 Å². The highest BCUT2D eigenvalue weighted by Crippen LogP contribution is 2.32. The first kappa shape index (κ1) is 9.21. The van der Waals surface area contributed by atoms with Crippen LogP contribution in [-0.4, -0.2) is 17.1 Å². The molecule has 0 aliphatic carbocycles. The van der Waals surface area contributed by atoms with Gasteiger partial charge in [0.05, 0.1) is 0 Å². The lowest BCUT2D eigenvalue weighted by atomic mass is 10.0. The van der Waals surface area contributed by atoms with Crippen LogP contribution in [0, 0.1) is 0 Å². The third kappa shape index (κ3) is 1.25. The molecule has 0 saturated carbocycles. The number of nitrogens with one attached hydrogen (secondary N) is 1. The smallest absolute Gasteiger partial charge is 0.326 e. The maximum absolute atomic E-state index is 10.9. The number of benzene rings is 2. The first-order chi connectivity index (χ1) is 7.75. The van der Waals surface area contributed by atoms with Gasteiger partial charge in [0, 0.05) is 12.1 Å². The van der Waals surface area contributed by atoms with Crippen molar-refractivity contribution in [3.05, 3.63) is 42.0 Å². The van der Waals surface area contributed by atoms with E-state index in [0.29, 0.717) is 6.42 Å². The number of carboxylic acids is 1. The largest absolute Gasteiger partial charge is 0.480 e. The van der Waals surface area contributed by atoms with Gasteiger partial charge in [0.25, 0.3) is 0 Å². The molecule has 0 fully saturated rings. The number of fused-ring (bicyclic) bond motifs is 3. The van der Waals surface area contributed by atoms with Crippen LogP contribution in [0.15, 0.2) is 36.4 Å². The van der Waals surface area contributed by atoms with Crippen molar-refractivity contribution in [3.63, 3.8) is 0 Å². The molecule has 3 heteroatoms. The third-order valence-electron chi connectivity index (χ3n) is 3.08. The van der Waals surface area contributed by atoms with Crippen molar-refractivity contribution < 1.29 is 9.90 Å². The molecule has 3 nitrogen and oxygen atoms in total. The number of anilines is 1. The second-order valence-corrected chi connectivity index (χ2v) is 4.05. The lowest BCUT2D eigenvalue weighted by Gasteiger charge is -2.04. The van der Waals surface area contributed by atoms with E-state index in [0.717, 1.165) is 22.0 Å². The Bertz CT molecular complexity index is 577. The molecule has 2 N–H and O–H groups in total. The van der Waals surface area contributed by atoms with E-state index in [1.807, 2.05) is 36.4 Å². The van der Waals surface area contributed by atoms with Crippen molar-refractivity contribution in [2.75, 3.05) is 5.32 Å². The molecule has 0 saturated heterocycles. The number of rotatable bonds is 1. The van der Waals surface area contributed by atoms with Crippen LogP contribution < -0.4 is 5.32 Å². The summed E-state index contributed by atoms with van der Waals surface area (Å²) in [6.07, 6.45) is 0.562. The predicted octanol–water partition coefficient (Wildman–Crippen LogP) is 2.26. The molecule has 1 unspecified atom stereocenters. The molecule has 3 rings (SSSR count). The third-order valence-corrected chi connectivity index (χ3v) is 3.08. The normalized spacial score (nSPS) is 18.1. The lowest BCUT2D eigenvalue weighted by Crippen LogP contribution is -2.26. The Kier molecular flexibility index (Phi) is 1.86. The second-order valence-electron chi connectivity index (χ2n) is 4.05. The average Bonchev–Trinajstić information content (AvgIpc) is 2.73. The van der Waals surface area contributed by atoms with Gasteiger partial charge in [-0.15, -0.1) is 0 Å². The fourth-order valence-corrected chi connectivity index (χ4v) is 2.28. The summed E-state index contributed by atoms with van der Waals surface area (Å²) < 4.78 is 0. The summed E-state index contributed by atoms with van der Waals surface area (Å²) in [7, 11) is 0. The van der Waals surface area contributed by atoms with Gasteiger partial charge in [0.1, 0.15) is 6.04 Å².